The van der Waals surface area contributed by atoms with Crippen LogP contribution in [0, 0.1) is 0 Å². The molecule has 1 aromatic carbocycles. The Morgan fingerprint density at radius 1 is 1.39 bits per heavy atom. The lowest BCUT2D eigenvalue weighted by atomic mass is 9.80. The maximum absolute atomic E-state index is 11.0. The molecule has 100 valence electrons. The minimum Gasteiger partial charge on any atom is -0.497 e. The molecule has 4 nitrogen and oxygen atoms in total. The fraction of sp³-hybridized carbons (Fsp3) is 0.500. The van der Waals surface area contributed by atoms with Gasteiger partial charge in [0.1, 0.15) is 5.75 Å². The lowest BCUT2D eigenvalue weighted by molar-refractivity contribution is -0.138. The van der Waals surface area contributed by atoms with E-state index in [1.807, 2.05) is 51.0 Å². The molecular weight excluding hydrogens is 230 g/mol. The van der Waals surface area contributed by atoms with Gasteiger partial charge in [0.25, 0.3) is 0 Å². The van der Waals surface area contributed by atoms with E-state index in [-0.39, 0.29) is 6.42 Å². The van der Waals surface area contributed by atoms with Crippen molar-refractivity contribution in [2.75, 3.05) is 26.1 Å². The van der Waals surface area contributed by atoms with Gasteiger partial charge in [0.05, 0.1) is 13.5 Å². The van der Waals surface area contributed by atoms with Crippen LogP contribution in [0.3, 0.4) is 0 Å². The van der Waals surface area contributed by atoms with Gasteiger partial charge in [-0.15, -0.1) is 0 Å². The Balaban J connectivity index is 3.30. The number of anilines is 1. The van der Waals surface area contributed by atoms with Gasteiger partial charge >= 0.3 is 5.97 Å². The number of carbonyl (C=O) groups is 1. The SMILES string of the molecule is COc1ccc(N(C)C)c(C(C)(C)CC(=O)O)c1. The zero-order valence-electron chi connectivity index (χ0n) is 11.7. The number of hydrogen-bond acceptors (Lipinski definition) is 3. The number of ether oxygens (including phenoxy) is 1. The Bertz CT molecular complexity index is 439. The molecule has 1 N–H and O–H groups in total. The van der Waals surface area contributed by atoms with E-state index in [0.717, 1.165) is 17.0 Å². The second-order valence-electron chi connectivity index (χ2n) is 5.23. The van der Waals surface area contributed by atoms with Crippen molar-refractivity contribution in [3.8, 4) is 5.75 Å². The molecule has 4 heteroatoms. The summed E-state index contributed by atoms with van der Waals surface area (Å²) in [7, 11) is 5.50. The van der Waals surface area contributed by atoms with Crippen LogP contribution < -0.4 is 9.64 Å². The molecule has 0 fully saturated rings. The average molecular weight is 251 g/mol. The van der Waals surface area contributed by atoms with Crippen LogP contribution in [0.4, 0.5) is 5.69 Å². The number of benzene rings is 1. The van der Waals surface area contributed by atoms with Crippen molar-refractivity contribution in [2.24, 2.45) is 0 Å². The van der Waals surface area contributed by atoms with Gasteiger partial charge in [0, 0.05) is 25.2 Å². The Hall–Kier alpha value is -1.71. The third-order valence-electron chi connectivity index (χ3n) is 3.01. The highest BCUT2D eigenvalue weighted by Crippen LogP contribution is 2.36. The fourth-order valence-corrected chi connectivity index (χ4v) is 2.05. The van der Waals surface area contributed by atoms with Gasteiger partial charge < -0.3 is 14.7 Å². The van der Waals surface area contributed by atoms with Crippen LogP contribution in [0.2, 0.25) is 0 Å². The molecule has 0 unspecified atom stereocenters. The number of aliphatic carboxylic acids is 1. The fourth-order valence-electron chi connectivity index (χ4n) is 2.05. The van der Waals surface area contributed by atoms with Gasteiger partial charge in [0.2, 0.25) is 0 Å². The summed E-state index contributed by atoms with van der Waals surface area (Å²) in [4.78, 5) is 13.0. The van der Waals surface area contributed by atoms with Crippen molar-refractivity contribution in [3.05, 3.63) is 23.8 Å². The van der Waals surface area contributed by atoms with Gasteiger partial charge in [-0.1, -0.05) is 13.8 Å². The summed E-state index contributed by atoms with van der Waals surface area (Å²) < 4.78 is 5.22. The molecule has 0 saturated heterocycles. The number of carboxylic acid groups (broad SMARTS) is 1. The minimum absolute atomic E-state index is 0.0843. The van der Waals surface area contributed by atoms with E-state index >= 15 is 0 Å². The van der Waals surface area contributed by atoms with E-state index in [1.54, 1.807) is 7.11 Å². The highest BCUT2D eigenvalue weighted by atomic mass is 16.5. The van der Waals surface area contributed by atoms with Crippen LogP contribution in [-0.2, 0) is 10.2 Å². The van der Waals surface area contributed by atoms with Crippen molar-refractivity contribution in [1.82, 2.24) is 0 Å². The normalized spacial score (nSPS) is 11.2. The Labute approximate surface area is 108 Å². The molecule has 0 radical (unpaired) electrons. The first-order valence-corrected chi connectivity index (χ1v) is 5.85. The van der Waals surface area contributed by atoms with E-state index in [9.17, 15) is 4.79 Å². The zero-order chi connectivity index (χ0) is 13.9. The van der Waals surface area contributed by atoms with Gasteiger partial charge in [-0.2, -0.15) is 0 Å². The largest absolute Gasteiger partial charge is 0.497 e. The minimum atomic E-state index is -0.799. The maximum atomic E-state index is 11.0. The topological polar surface area (TPSA) is 49.8 Å². The van der Waals surface area contributed by atoms with Crippen LogP contribution in [0.5, 0.6) is 5.75 Å². The Kier molecular flexibility index (Phi) is 4.22. The summed E-state index contributed by atoms with van der Waals surface area (Å²) in [6.45, 7) is 3.87. The molecular formula is C14H21NO3. The quantitative estimate of drug-likeness (QED) is 0.873. The Morgan fingerprint density at radius 2 is 2.00 bits per heavy atom. The molecule has 0 spiro atoms. The third-order valence-corrected chi connectivity index (χ3v) is 3.01. The van der Waals surface area contributed by atoms with Gasteiger partial charge in [-0.05, 0) is 23.8 Å². The first-order valence-electron chi connectivity index (χ1n) is 5.85. The lowest BCUT2D eigenvalue weighted by Crippen LogP contribution is -2.25. The summed E-state index contributed by atoms with van der Waals surface area (Å²) in [5.41, 5.74) is 1.55. The highest BCUT2D eigenvalue weighted by Gasteiger charge is 2.27. The summed E-state index contributed by atoms with van der Waals surface area (Å²) in [5, 5.41) is 9.02. The second-order valence-corrected chi connectivity index (χ2v) is 5.23. The van der Waals surface area contributed by atoms with Crippen LogP contribution in [-0.4, -0.2) is 32.3 Å². The van der Waals surface area contributed by atoms with Gasteiger partial charge in [-0.3, -0.25) is 4.79 Å². The number of methoxy groups -OCH3 is 1. The standard InChI is InChI=1S/C14H21NO3/c1-14(2,9-13(16)17)11-8-10(18-5)6-7-12(11)15(3)4/h6-8H,9H2,1-5H3,(H,16,17). The predicted octanol–water partition coefficient (Wildman–Crippen LogP) is 2.51. The smallest absolute Gasteiger partial charge is 0.304 e. The number of rotatable bonds is 5. The summed E-state index contributed by atoms with van der Waals surface area (Å²) in [6, 6.07) is 5.76. The van der Waals surface area contributed by atoms with Crippen LogP contribution in [0.25, 0.3) is 0 Å². The number of carboxylic acids is 1. The molecule has 0 aromatic heterocycles. The monoisotopic (exact) mass is 251 g/mol. The van der Waals surface area contributed by atoms with Gasteiger partial charge in [0.15, 0.2) is 0 Å². The zero-order valence-corrected chi connectivity index (χ0v) is 11.7. The summed E-state index contributed by atoms with van der Waals surface area (Å²) in [6.07, 6.45) is 0.0843. The predicted molar refractivity (Wildman–Crippen MR) is 72.6 cm³/mol. The third kappa shape index (κ3) is 3.15. The molecule has 0 saturated carbocycles. The first kappa shape index (κ1) is 14.4. The van der Waals surface area contributed by atoms with Crippen molar-refractivity contribution in [3.63, 3.8) is 0 Å². The van der Waals surface area contributed by atoms with Crippen molar-refractivity contribution >= 4 is 11.7 Å². The summed E-state index contributed by atoms with van der Waals surface area (Å²) in [5.74, 6) is -0.0541. The molecule has 0 heterocycles. The first-order chi connectivity index (χ1) is 8.27. The highest BCUT2D eigenvalue weighted by molar-refractivity contribution is 5.70. The van der Waals surface area contributed by atoms with E-state index in [2.05, 4.69) is 0 Å². The van der Waals surface area contributed by atoms with Crippen molar-refractivity contribution < 1.29 is 14.6 Å². The van der Waals surface area contributed by atoms with Crippen molar-refractivity contribution in [2.45, 2.75) is 25.7 Å². The molecule has 18 heavy (non-hydrogen) atoms. The molecule has 1 rings (SSSR count). The molecule has 0 amide bonds. The molecule has 0 aliphatic carbocycles. The average Bonchev–Trinajstić information content (AvgIpc) is 2.26. The van der Waals surface area contributed by atoms with E-state index < -0.39 is 11.4 Å². The van der Waals surface area contributed by atoms with Crippen molar-refractivity contribution in [1.29, 1.82) is 0 Å². The molecule has 0 aliphatic heterocycles. The Morgan fingerprint density at radius 3 is 2.44 bits per heavy atom. The van der Waals surface area contributed by atoms with Gasteiger partial charge in [-0.25, -0.2) is 0 Å². The number of nitrogens with zero attached hydrogens (tertiary/aromatic N) is 1. The summed E-state index contributed by atoms with van der Waals surface area (Å²) >= 11 is 0. The van der Waals surface area contributed by atoms with E-state index in [4.69, 9.17) is 9.84 Å². The molecule has 0 atom stereocenters. The number of hydrogen-bond donors (Lipinski definition) is 1. The molecule has 1 aromatic rings. The maximum Gasteiger partial charge on any atom is 0.304 e. The van der Waals surface area contributed by atoms with Crippen LogP contribution >= 0.6 is 0 Å². The molecule has 0 bridgehead atoms. The van der Waals surface area contributed by atoms with E-state index in [1.165, 1.54) is 0 Å². The van der Waals surface area contributed by atoms with Crippen LogP contribution in [0.1, 0.15) is 25.8 Å². The van der Waals surface area contributed by atoms with Crippen LogP contribution in [0.15, 0.2) is 18.2 Å². The van der Waals surface area contributed by atoms with E-state index in [0.29, 0.717) is 0 Å². The lowest BCUT2D eigenvalue weighted by Gasteiger charge is -2.29. The molecule has 0 aliphatic rings. The second kappa shape index (κ2) is 5.29.